The van der Waals surface area contributed by atoms with Crippen molar-refractivity contribution in [3.05, 3.63) is 38.8 Å². The molecule has 1 aliphatic carbocycles. The number of aromatic nitrogens is 1. The highest BCUT2D eigenvalue weighted by Crippen LogP contribution is 2.36. The highest BCUT2D eigenvalue weighted by atomic mass is 32.1. The molecule has 7 nitrogen and oxygen atoms in total. The van der Waals surface area contributed by atoms with Crippen LogP contribution in [-0.2, 0) is 22.4 Å². The van der Waals surface area contributed by atoms with Gasteiger partial charge in [-0.2, -0.15) is 0 Å². The van der Waals surface area contributed by atoms with Crippen molar-refractivity contribution in [1.82, 2.24) is 4.98 Å². The first-order chi connectivity index (χ1) is 16.3. The summed E-state index contributed by atoms with van der Waals surface area (Å²) >= 11 is 1.53. The number of aliphatic hydroxyl groups excluding tert-OH is 1. The summed E-state index contributed by atoms with van der Waals surface area (Å²) in [4.78, 5) is 17.4. The lowest BCUT2D eigenvalue weighted by Gasteiger charge is -2.27. The van der Waals surface area contributed by atoms with Crippen molar-refractivity contribution in [2.75, 3.05) is 14.2 Å². The van der Waals surface area contributed by atoms with Crippen molar-refractivity contribution in [3.8, 4) is 11.5 Å². The van der Waals surface area contributed by atoms with Crippen molar-refractivity contribution in [3.63, 3.8) is 0 Å². The minimum atomic E-state index is -0.914. The Morgan fingerprint density at radius 3 is 2.35 bits per heavy atom. The Balaban J connectivity index is 1.94. The van der Waals surface area contributed by atoms with Crippen LogP contribution in [0.25, 0.3) is 0 Å². The quantitative estimate of drug-likeness (QED) is 0.420. The van der Waals surface area contributed by atoms with E-state index in [0.717, 1.165) is 54.0 Å². The van der Waals surface area contributed by atoms with Crippen LogP contribution in [0.3, 0.4) is 0 Å². The van der Waals surface area contributed by atoms with E-state index in [1.807, 2.05) is 19.1 Å². The van der Waals surface area contributed by atoms with Crippen molar-refractivity contribution >= 4 is 17.3 Å². The number of hydrogen-bond acceptors (Lipinski definition) is 7. The smallest absolute Gasteiger partial charge is 0.312 e. The van der Waals surface area contributed by atoms with Gasteiger partial charge in [-0.05, 0) is 50.8 Å². The molecular weight excluding hydrogens is 454 g/mol. The molecule has 1 fully saturated rings. The summed E-state index contributed by atoms with van der Waals surface area (Å²) in [6.45, 7) is 5.66. The molecule has 0 unspecified atom stereocenters. The van der Waals surface area contributed by atoms with Gasteiger partial charge in [-0.3, -0.25) is 4.79 Å². The van der Waals surface area contributed by atoms with Crippen LogP contribution in [0, 0.1) is 6.92 Å². The average Bonchev–Trinajstić information content (AvgIpc) is 3.48. The molecule has 0 amide bonds. The number of ether oxygens (including phenoxy) is 3. The van der Waals surface area contributed by atoms with Crippen LogP contribution >= 0.6 is 11.3 Å². The topological polar surface area (TPSA) is 98.1 Å². The monoisotopic (exact) mass is 491 g/mol. The van der Waals surface area contributed by atoms with E-state index in [1.165, 1.54) is 11.3 Å². The molecule has 0 aliphatic heterocycles. The Morgan fingerprint density at radius 2 is 1.82 bits per heavy atom. The van der Waals surface area contributed by atoms with Crippen LogP contribution in [-0.4, -0.2) is 47.6 Å². The van der Waals surface area contributed by atoms with Gasteiger partial charge in [0.15, 0.2) is 0 Å². The van der Waals surface area contributed by atoms with Gasteiger partial charge in [-0.1, -0.05) is 26.2 Å². The molecule has 3 atom stereocenters. The zero-order chi connectivity index (χ0) is 24.8. The maximum atomic E-state index is 11.6. The number of rotatable bonds is 12. The number of carboxylic acid groups (broad SMARTS) is 1. The van der Waals surface area contributed by atoms with Gasteiger partial charge in [0.05, 0.1) is 43.0 Å². The maximum Gasteiger partial charge on any atom is 0.312 e. The molecule has 0 radical (unpaired) electrons. The molecule has 1 saturated carbocycles. The molecule has 1 aliphatic rings. The number of aryl methyl sites for hydroxylation is 1. The zero-order valence-corrected chi connectivity index (χ0v) is 21.6. The second kappa shape index (κ2) is 12.0. The molecule has 0 saturated heterocycles. The van der Waals surface area contributed by atoms with E-state index in [2.05, 4.69) is 6.92 Å². The Morgan fingerprint density at radius 1 is 1.21 bits per heavy atom. The Hall–Kier alpha value is -2.16. The average molecular weight is 492 g/mol. The number of methoxy groups -OCH3 is 2. The van der Waals surface area contributed by atoms with E-state index in [4.69, 9.17) is 19.2 Å². The number of aliphatic carboxylic acids is 1. The van der Waals surface area contributed by atoms with Gasteiger partial charge < -0.3 is 24.4 Å². The van der Waals surface area contributed by atoms with Gasteiger partial charge in [0.1, 0.15) is 17.6 Å². The predicted octanol–water partition coefficient (Wildman–Crippen LogP) is 5.21. The van der Waals surface area contributed by atoms with Crippen molar-refractivity contribution in [1.29, 1.82) is 0 Å². The largest absolute Gasteiger partial charge is 0.496 e. The normalized spacial score (nSPS) is 16.9. The molecule has 1 aromatic carbocycles. The molecule has 1 heterocycles. The highest BCUT2D eigenvalue weighted by molar-refractivity contribution is 7.11. The third-order valence-corrected chi connectivity index (χ3v) is 7.70. The van der Waals surface area contributed by atoms with Crippen LogP contribution in [0.2, 0.25) is 0 Å². The van der Waals surface area contributed by atoms with Crippen LogP contribution in [0.15, 0.2) is 12.1 Å². The summed E-state index contributed by atoms with van der Waals surface area (Å²) in [5, 5.41) is 21.8. The van der Waals surface area contributed by atoms with Crippen molar-refractivity contribution in [2.24, 2.45) is 0 Å². The standard InChI is InChI=1S/C26H37NO6S/c1-6-9-22-24(16(3)26(29)30)27-23(34-22)14-21(33-18-10-7-8-11-18)25(28)17-12-19(31-4)15(2)20(13-17)32-5/h12-13,16,18,21,25,28H,6-11,14H2,1-5H3,(H,29,30)/t16-,21-,25+/m0/s1. The summed E-state index contributed by atoms with van der Waals surface area (Å²) in [7, 11) is 3.20. The van der Waals surface area contributed by atoms with E-state index < -0.39 is 24.1 Å². The number of carboxylic acids is 1. The summed E-state index contributed by atoms with van der Waals surface area (Å²) in [6, 6.07) is 3.66. The molecule has 34 heavy (non-hydrogen) atoms. The summed E-state index contributed by atoms with van der Waals surface area (Å²) in [5.41, 5.74) is 2.15. The first kappa shape index (κ1) is 26.4. The third kappa shape index (κ3) is 6.09. The molecule has 3 rings (SSSR count). The molecule has 2 N–H and O–H groups in total. The lowest BCUT2D eigenvalue weighted by Crippen LogP contribution is -2.29. The molecular formula is C26H37NO6S. The van der Waals surface area contributed by atoms with Gasteiger partial charge in [0, 0.05) is 16.9 Å². The fourth-order valence-electron chi connectivity index (χ4n) is 4.53. The van der Waals surface area contributed by atoms with E-state index in [1.54, 1.807) is 21.1 Å². The molecule has 0 spiro atoms. The van der Waals surface area contributed by atoms with Gasteiger partial charge in [-0.25, -0.2) is 4.98 Å². The minimum absolute atomic E-state index is 0.0985. The Kier molecular flexibility index (Phi) is 9.33. The third-order valence-electron chi connectivity index (χ3n) is 6.54. The van der Waals surface area contributed by atoms with Crippen molar-refractivity contribution < 1.29 is 29.2 Å². The first-order valence-corrected chi connectivity index (χ1v) is 12.9. The molecule has 188 valence electrons. The van der Waals surface area contributed by atoms with E-state index in [-0.39, 0.29) is 6.10 Å². The second-order valence-electron chi connectivity index (χ2n) is 9.01. The number of aliphatic hydroxyl groups is 1. The number of thiazole rings is 1. The summed E-state index contributed by atoms with van der Waals surface area (Å²) in [6.07, 6.45) is 4.97. The fraction of sp³-hybridized carbons (Fsp3) is 0.615. The number of benzene rings is 1. The number of hydrogen-bond donors (Lipinski definition) is 2. The van der Waals surface area contributed by atoms with Crippen molar-refractivity contribution in [2.45, 2.75) is 89.9 Å². The van der Waals surface area contributed by atoms with Gasteiger partial charge in [0.2, 0.25) is 0 Å². The lowest BCUT2D eigenvalue weighted by molar-refractivity contribution is -0.138. The highest BCUT2D eigenvalue weighted by Gasteiger charge is 2.31. The lowest BCUT2D eigenvalue weighted by atomic mass is 9.99. The first-order valence-electron chi connectivity index (χ1n) is 12.1. The number of nitrogens with zero attached hydrogens (tertiary/aromatic N) is 1. The van der Waals surface area contributed by atoms with E-state index in [9.17, 15) is 15.0 Å². The fourth-order valence-corrected chi connectivity index (χ4v) is 5.84. The minimum Gasteiger partial charge on any atom is -0.496 e. The molecule has 8 heteroatoms. The Bertz CT molecular complexity index is 943. The Labute approximate surface area is 206 Å². The molecule has 0 bridgehead atoms. The SMILES string of the molecule is CCCc1sc(C[C@H](OC2CCCC2)[C@H](O)c2cc(OC)c(C)c(OC)c2)nc1[C@H](C)C(=O)O. The summed E-state index contributed by atoms with van der Waals surface area (Å²) < 4.78 is 17.5. The van der Waals surface area contributed by atoms with E-state index in [0.29, 0.717) is 29.2 Å². The molecule has 1 aromatic heterocycles. The number of carbonyl (C=O) groups is 1. The summed E-state index contributed by atoms with van der Waals surface area (Å²) in [5.74, 6) is -0.265. The second-order valence-corrected chi connectivity index (χ2v) is 10.2. The van der Waals surface area contributed by atoms with Gasteiger partial charge in [-0.15, -0.1) is 11.3 Å². The van der Waals surface area contributed by atoms with Gasteiger partial charge >= 0.3 is 5.97 Å². The molecule has 2 aromatic rings. The maximum absolute atomic E-state index is 11.6. The predicted molar refractivity (Wildman–Crippen MR) is 132 cm³/mol. The zero-order valence-electron chi connectivity index (χ0n) is 20.8. The van der Waals surface area contributed by atoms with Crippen LogP contribution in [0.5, 0.6) is 11.5 Å². The van der Waals surface area contributed by atoms with Crippen LogP contribution in [0.1, 0.15) is 84.7 Å². The van der Waals surface area contributed by atoms with Crippen LogP contribution < -0.4 is 9.47 Å². The van der Waals surface area contributed by atoms with Gasteiger partial charge in [0.25, 0.3) is 0 Å². The van der Waals surface area contributed by atoms with E-state index >= 15 is 0 Å². The van der Waals surface area contributed by atoms with Crippen LogP contribution in [0.4, 0.5) is 0 Å².